The average molecular weight is 297 g/mol. The van der Waals surface area contributed by atoms with Gasteiger partial charge in [-0.2, -0.15) is 0 Å². The minimum atomic E-state index is -0.0798. The number of hydrogen-bond donors (Lipinski definition) is 1. The van der Waals surface area contributed by atoms with E-state index in [2.05, 4.69) is 46.5 Å². The summed E-state index contributed by atoms with van der Waals surface area (Å²) >= 11 is 0. The molecule has 0 bridgehead atoms. The van der Waals surface area contributed by atoms with E-state index in [0.717, 1.165) is 13.0 Å². The highest BCUT2D eigenvalue weighted by Gasteiger charge is 2.26. The minimum absolute atomic E-state index is 0.0798. The van der Waals surface area contributed by atoms with Crippen LogP contribution in [0.4, 0.5) is 0 Å². The number of hydrogen-bond acceptors (Lipinski definition) is 3. The van der Waals surface area contributed by atoms with Gasteiger partial charge in [-0.05, 0) is 18.8 Å². The van der Waals surface area contributed by atoms with Crippen molar-refractivity contribution < 1.29 is 9.53 Å². The van der Waals surface area contributed by atoms with Crippen molar-refractivity contribution in [3.05, 3.63) is 12.7 Å². The molecule has 0 spiro atoms. The molecule has 2 atom stereocenters. The fourth-order valence-corrected chi connectivity index (χ4v) is 2.05. The van der Waals surface area contributed by atoms with Gasteiger partial charge in [0.15, 0.2) is 0 Å². The normalized spacial score (nSPS) is 16.3. The van der Waals surface area contributed by atoms with Crippen LogP contribution in [0.1, 0.15) is 60.8 Å². The summed E-state index contributed by atoms with van der Waals surface area (Å²) in [6, 6.07) is 0.314. The predicted molar refractivity (Wildman–Crippen MR) is 90.6 cm³/mol. The van der Waals surface area contributed by atoms with Gasteiger partial charge in [0.05, 0.1) is 13.2 Å². The molecule has 0 aromatic carbocycles. The van der Waals surface area contributed by atoms with Crippen molar-refractivity contribution in [3.8, 4) is 0 Å². The molecule has 3 heteroatoms. The van der Waals surface area contributed by atoms with E-state index >= 15 is 0 Å². The van der Waals surface area contributed by atoms with E-state index < -0.39 is 0 Å². The predicted octanol–water partition coefficient (Wildman–Crippen LogP) is 3.98. The van der Waals surface area contributed by atoms with Gasteiger partial charge in [0.2, 0.25) is 0 Å². The maximum absolute atomic E-state index is 11.6. The lowest BCUT2D eigenvalue weighted by Crippen LogP contribution is -2.39. The van der Waals surface area contributed by atoms with Crippen LogP contribution < -0.4 is 5.32 Å². The largest absolute Gasteiger partial charge is 0.380 e. The smallest absolute Gasteiger partial charge is 0.133 e. The maximum atomic E-state index is 11.6. The molecule has 0 aromatic rings. The Hall–Kier alpha value is -0.670. The summed E-state index contributed by atoms with van der Waals surface area (Å²) in [5.74, 6) is 0.309. The van der Waals surface area contributed by atoms with Gasteiger partial charge in [-0.25, -0.2) is 0 Å². The van der Waals surface area contributed by atoms with E-state index in [1.807, 2.05) is 13.0 Å². The van der Waals surface area contributed by atoms with Crippen LogP contribution in [-0.2, 0) is 9.53 Å². The average Bonchev–Trinajstić information content (AvgIpc) is 2.43. The van der Waals surface area contributed by atoms with Crippen LogP contribution >= 0.6 is 0 Å². The molecule has 124 valence electrons. The summed E-state index contributed by atoms with van der Waals surface area (Å²) in [5, 5.41) is 3.46. The van der Waals surface area contributed by atoms with E-state index in [1.54, 1.807) is 0 Å². The number of rotatable bonds is 12. The first-order chi connectivity index (χ1) is 9.68. The SMILES string of the molecule is C=CC(C)NCC(C)(CC)COCC(C)(C)CC(=O)CC. The van der Waals surface area contributed by atoms with Gasteiger partial charge in [0, 0.05) is 30.8 Å². The van der Waals surface area contributed by atoms with Crippen molar-refractivity contribution in [1.82, 2.24) is 5.32 Å². The standard InChI is InChI=1S/C18H35NO2/c1-8-15(4)19-12-18(7,10-3)14-21-13-17(5,6)11-16(20)9-2/h8,15,19H,1,9-14H2,2-7H3. The monoisotopic (exact) mass is 297 g/mol. The molecule has 0 saturated carbocycles. The third-order valence-electron chi connectivity index (χ3n) is 4.07. The van der Waals surface area contributed by atoms with Crippen LogP contribution in [0.2, 0.25) is 0 Å². The lowest BCUT2D eigenvalue weighted by Gasteiger charge is -2.32. The quantitative estimate of drug-likeness (QED) is 0.554. The lowest BCUT2D eigenvalue weighted by molar-refractivity contribution is -0.121. The first-order valence-corrected chi connectivity index (χ1v) is 8.13. The van der Waals surface area contributed by atoms with Gasteiger partial charge in [0.1, 0.15) is 5.78 Å². The minimum Gasteiger partial charge on any atom is -0.380 e. The summed E-state index contributed by atoms with van der Waals surface area (Å²) in [5.41, 5.74) is 0.0334. The molecule has 2 unspecified atom stereocenters. The Kier molecular flexibility index (Phi) is 9.07. The van der Waals surface area contributed by atoms with Crippen LogP contribution in [0.3, 0.4) is 0 Å². The van der Waals surface area contributed by atoms with Crippen LogP contribution in [0, 0.1) is 10.8 Å². The molecule has 0 saturated heterocycles. The number of ketones is 1. The third-order valence-corrected chi connectivity index (χ3v) is 4.07. The van der Waals surface area contributed by atoms with Gasteiger partial charge in [-0.3, -0.25) is 4.79 Å². The second-order valence-corrected chi connectivity index (χ2v) is 7.30. The number of ether oxygens (including phenoxy) is 1. The molecule has 0 fully saturated rings. The first-order valence-electron chi connectivity index (χ1n) is 8.13. The van der Waals surface area contributed by atoms with Crippen molar-refractivity contribution in [3.63, 3.8) is 0 Å². The van der Waals surface area contributed by atoms with Crippen LogP contribution in [0.25, 0.3) is 0 Å². The molecule has 0 rings (SSSR count). The van der Waals surface area contributed by atoms with Crippen molar-refractivity contribution in [1.29, 1.82) is 0 Å². The van der Waals surface area contributed by atoms with Crippen molar-refractivity contribution in [2.45, 2.75) is 66.8 Å². The highest BCUT2D eigenvalue weighted by atomic mass is 16.5. The van der Waals surface area contributed by atoms with E-state index in [9.17, 15) is 4.79 Å². The Morgan fingerprint density at radius 1 is 1.29 bits per heavy atom. The molecule has 21 heavy (non-hydrogen) atoms. The molecule has 0 aromatic heterocycles. The molecule has 1 N–H and O–H groups in total. The molecule has 0 amide bonds. The molecule has 0 heterocycles. The molecule has 0 aliphatic carbocycles. The molecule has 3 nitrogen and oxygen atoms in total. The lowest BCUT2D eigenvalue weighted by atomic mass is 9.86. The molecular weight excluding hydrogens is 262 g/mol. The van der Waals surface area contributed by atoms with Gasteiger partial charge >= 0.3 is 0 Å². The molecule has 0 aliphatic rings. The van der Waals surface area contributed by atoms with Crippen molar-refractivity contribution in [2.24, 2.45) is 10.8 Å². The van der Waals surface area contributed by atoms with Crippen molar-refractivity contribution >= 4 is 5.78 Å². The van der Waals surface area contributed by atoms with Gasteiger partial charge < -0.3 is 10.1 Å². The summed E-state index contributed by atoms with van der Waals surface area (Å²) in [4.78, 5) is 11.6. The molecule has 0 radical (unpaired) electrons. The topological polar surface area (TPSA) is 38.3 Å². The molecule has 0 aliphatic heterocycles. The summed E-state index contributed by atoms with van der Waals surface area (Å²) in [7, 11) is 0. The second kappa shape index (κ2) is 9.37. The van der Waals surface area contributed by atoms with E-state index in [4.69, 9.17) is 4.74 Å². The zero-order valence-corrected chi connectivity index (χ0v) is 14.9. The second-order valence-electron chi connectivity index (χ2n) is 7.30. The summed E-state index contributed by atoms with van der Waals surface area (Å²) in [6.07, 6.45) is 4.17. The Balaban J connectivity index is 4.26. The fourth-order valence-electron chi connectivity index (χ4n) is 2.05. The first kappa shape index (κ1) is 20.3. The van der Waals surface area contributed by atoms with Crippen molar-refractivity contribution in [2.75, 3.05) is 19.8 Å². The van der Waals surface area contributed by atoms with Gasteiger partial charge in [0.25, 0.3) is 0 Å². The number of carbonyl (C=O) groups excluding carboxylic acids is 1. The number of carbonyl (C=O) groups is 1. The summed E-state index contributed by atoms with van der Waals surface area (Å²) < 4.78 is 5.95. The van der Waals surface area contributed by atoms with E-state index in [0.29, 0.717) is 37.9 Å². The summed E-state index contributed by atoms with van der Waals surface area (Å²) in [6.45, 7) is 18.7. The number of nitrogens with one attached hydrogen (secondary N) is 1. The molecular formula is C18H35NO2. The Morgan fingerprint density at radius 2 is 1.90 bits per heavy atom. The van der Waals surface area contributed by atoms with E-state index in [1.165, 1.54) is 0 Å². The highest BCUT2D eigenvalue weighted by molar-refractivity contribution is 5.78. The van der Waals surface area contributed by atoms with Crippen LogP contribution in [0.5, 0.6) is 0 Å². The number of Topliss-reactive ketones (excluding diaryl/α,β-unsaturated/α-hetero) is 1. The van der Waals surface area contributed by atoms with E-state index in [-0.39, 0.29) is 10.8 Å². The maximum Gasteiger partial charge on any atom is 0.133 e. The highest BCUT2D eigenvalue weighted by Crippen LogP contribution is 2.25. The fraction of sp³-hybridized carbons (Fsp3) is 0.833. The van der Waals surface area contributed by atoms with Crippen LogP contribution in [-0.4, -0.2) is 31.6 Å². The van der Waals surface area contributed by atoms with Gasteiger partial charge in [-0.15, -0.1) is 6.58 Å². The Morgan fingerprint density at radius 3 is 2.38 bits per heavy atom. The van der Waals surface area contributed by atoms with Gasteiger partial charge in [-0.1, -0.05) is 40.7 Å². The zero-order valence-electron chi connectivity index (χ0n) is 14.9. The Bertz CT molecular complexity index is 325. The zero-order chi connectivity index (χ0) is 16.5. The van der Waals surface area contributed by atoms with Crippen LogP contribution in [0.15, 0.2) is 12.7 Å². The third kappa shape index (κ3) is 9.05. The Labute approximate surface area is 131 Å².